The van der Waals surface area contributed by atoms with Crippen LogP contribution in [0.2, 0.25) is 0 Å². The van der Waals surface area contributed by atoms with Crippen LogP contribution < -0.4 is 10.6 Å². The highest BCUT2D eigenvalue weighted by molar-refractivity contribution is 5.87. The van der Waals surface area contributed by atoms with E-state index in [-0.39, 0.29) is 30.9 Å². The molecule has 0 aromatic carbocycles. The van der Waals surface area contributed by atoms with Crippen LogP contribution >= 0.6 is 0 Å². The second-order valence-corrected chi connectivity index (χ2v) is 14.4. The Morgan fingerprint density at radius 1 is 0.574 bits per heavy atom. The highest BCUT2D eigenvalue weighted by atomic mass is 16.5. The molecule has 2 atom stereocenters. The quantitative estimate of drug-likeness (QED) is 0.0279. The Bertz CT molecular complexity index is 1050. The Balaban J connectivity index is 4.09. The number of rotatable bonds is 38. The fraction of sp³-hybridized carbons (Fsp3) is 0.733. The van der Waals surface area contributed by atoms with Crippen LogP contribution in [0.1, 0.15) is 187 Å². The van der Waals surface area contributed by atoms with E-state index in [0.29, 0.717) is 12.8 Å². The number of aliphatic hydroxyl groups excluding tert-OH is 1. The summed E-state index contributed by atoms with van der Waals surface area (Å²) in [6.45, 7) is 3.32. The molecular weight excluding hydrogens is 681 g/mol. The summed E-state index contributed by atoms with van der Waals surface area (Å²) in [5.74, 6) is -2.34. The molecule has 4 N–H and O–H groups in total. The third kappa shape index (κ3) is 35.8. The molecule has 2 amide bonds. The van der Waals surface area contributed by atoms with Gasteiger partial charge in [-0.15, -0.1) is 0 Å². The number of amides is 2. The minimum absolute atomic E-state index is 0.0456. The molecule has 0 aliphatic heterocycles. The van der Waals surface area contributed by atoms with Crippen molar-refractivity contribution < 1.29 is 34.1 Å². The average molecular weight is 759 g/mol. The summed E-state index contributed by atoms with van der Waals surface area (Å²) in [6.07, 6.45) is 45.8. The number of nitrogens with one attached hydrogen (secondary N) is 2. The smallest absolute Gasteiger partial charge is 0.328 e. The normalized spacial score (nSPS) is 12.9. The van der Waals surface area contributed by atoms with Gasteiger partial charge in [-0.3, -0.25) is 14.4 Å². The maximum absolute atomic E-state index is 12.7. The van der Waals surface area contributed by atoms with Crippen molar-refractivity contribution in [2.45, 2.75) is 199 Å². The summed E-state index contributed by atoms with van der Waals surface area (Å²) >= 11 is 0. The van der Waals surface area contributed by atoms with Gasteiger partial charge in [-0.1, -0.05) is 146 Å². The Kier molecular flexibility index (Phi) is 37.2. The molecule has 0 rings (SSSR count). The predicted molar refractivity (Wildman–Crippen MR) is 222 cm³/mol. The molecule has 0 radical (unpaired) electrons. The maximum Gasteiger partial charge on any atom is 0.328 e. The summed E-state index contributed by atoms with van der Waals surface area (Å²) in [7, 11) is 0. The van der Waals surface area contributed by atoms with Gasteiger partial charge in [-0.25, -0.2) is 4.79 Å². The van der Waals surface area contributed by atoms with E-state index in [1.54, 1.807) is 0 Å². The summed E-state index contributed by atoms with van der Waals surface area (Å²) < 4.78 is 5.96. The summed E-state index contributed by atoms with van der Waals surface area (Å²) in [5, 5.41) is 22.5. The summed E-state index contributed by atoms with van der Waals surface area (Å²) in [5.41, 5.74) is 0. The van der Waals surface area contributed by atoms with E-state index in [9.17, 15) is 19.2 Å². The Hall–Kier alpha value is -3.20. The molecule has 0 spiro atoms. The zero-order chi connectivity index (χ0) is 39.7. The van der Waals surface area contributed by atoms with Crippen LogP contribution in [0.3, 0.4) is 0 Å². The van der Waals surface area contributed by atoms with Gasteiger partial charge in [0.05, 0.1) is 13.2 Å². The van der Waals surface area contributed by atoms with Crippen LogP contribution in [0.4, 0.5) is 0 Å². The second kappa shape index (κ2) is 39.5. The van der Waals surface area contributed by atoms with Crippen LogP contribution in [0.15, 0.2) is 48.6 Å². The van der Waals surface area contributed by atoms with Crippen LogP contribution in [0, 0.1) is 0 Å². The van der Waals surface area contributed by atoms with Crippen molar-refractivity contribution >= 4 is 23.8 Å². The van der Waals surface area contributed by atoms with Gasteiger partial charge in [-0.05, 0) is 77.0 Å². The Labute approximate surface area is 328 Å². The number of esters is 1. The summed E-state index contributed by atoms with van der Waals surface area (Å²) in [4.78, 5) is 47.5. The average Bonchev–Trinajstić information content (AvgIpc) is 3.15. The molecule has 0 heterocycles. The van der Waals surface area contributed by atoms with Gasteiger partial charge in [0.2, 0.25) is 11.8 Å². The lowest BCUT2D eigenvalue weighted by molar-refractivity contribution is -0.150. The summed E-state index contributed by atoms with van der Waals surface area (Å²) in [6, 6.07) is -1.39. The molecule has 9 nitrogen and oxygen atoms in total. The number of allylic oxidation sites excluding steroid dienone is 8. The van der Waals surface area contributed by atoms with E-state index < -0.39 is 24.5 Å². The molecular formula is C45H78N2O7. The van der Waals surface area contributed by atoms with E-state index in [1.165, 1.54) is 70.6 Å². The van der Waals surface area contributed by atoms with E-state index in [2.05, 4.69) is 73.1 Å². The number of hydrogen-bond donors (Lipinski definition) is 4. The van der Waals surface area contributed by atoms with Crippen molar-refractivity contribution in [3.8, 4) is 0 Å². The molecule has 0 bridgehead atoms. The minimum atomic E-state index is -1.39. The molecule has 0 aliphatic rings. The third-order valence-corrected chi connectivity index (χ3v) is 9.34. The van der Waals surface area contributed by atoms with Crippen molar-refractivity contribution in [2.24, 2.45) is 0 Å². The number of unbranched alkanes of at least 4 members (excludes halogenated alkanes) is 16. The van der Waals surface area contributed by atoms with Crippen LogP contribution in [0.5, 0.6) is 0 Å². The zero-order valence-corrected chi connectivity index (χ0v) is 34.2. The number of hydrogen-bond acceptors (Lipinski definition) is 6. The zero-order valence-electron chi connectivity index (χ0n) is 34.2. The largest absolute Gasteiger partial charge is 0.480 e. The van der Waals surface area contributed by atoms with E-state index >= 15 is 0 Å². The number of ether oxygens (including phenoxy) is 1. The van der Waals surface area contributed by atoms with Gasteiger partial charge >= 0.3 is 11.9 Å². The molecule has 310 valence electrons. The molecule has 0 fully saturated rings. The van der Waals surface area contributed by atoms with Gasteiger partial charge in [0, 0.05) is 12.8 Å². The number of carboxylic acid groups (broad SMARTS) is 1. The number of aliphatic carboxylic acids is 1. The van der Waals surface area contributed by atoms with Crippen molar-refractivity contribution in [1.29, 1.82) is 0 Å². The molecule has 0 saturated heterocycles. The lowest BCUT2D eigenvalue weighted by Gasteiger charge is -2.18. The van der Waals surface area contributed by atoms with E-state index in [1.807, 2.05) is 0 Å². The first-order valence-corrected chi connectivity index (χ1v) is 21.5. The fourth-order valence-electron chi connectivity index (χ4n) is 6.06. The monoisotopic (exact) mass is 759 g/mol. The topological polar surface area (TPSA) is 142 Å². The molecule has 0 saturated carbocycles. The maximum atomic E-state index is 12.7. The molecule has 0 aliphatic carbocycles. The first-order chi connectivity index (χ1) is 26.3. The van der Waals surface area contributed by atoms with Crippen LogP contribution in [-0.4, -0.2) is 59.3 Å². The van der Waals surface area contributed by atoms with Gasteiger partial charge in [0.15, 0.2) is 0 Å². The van der Waals surface area contributed by atoms with Crippen LogP contribution in [0.25, 0.3) is 0 Å². The second-order valence-electron chi connectivity index (χ2n) is 14.4. The van der Waals surface area contributed by atoms with Gasteiger partial charge in [-0.2, -0.15) is 0 Å². The highest BCUT2D eigenvalue weighted by Crippen LogP contribution is 2.18. The minimum Gasteiger partial charge on any atom is -0.480 e. The number of carbonyl (C=O) groups is 4. The molecule has 54 heavy (non-hydrogen) atoms. The van der Waals surface area contributed by atoms with E-state index in [0.717, 1.165) is 83.5 Å². The lowest BCUT2D eigenvalue weighted by atomic mass is 10.0. The number of carboxylic acids is 1. The standard InChI is InChI=1S/C45H78N2O7/c1-3-5-7-9-11-12-13-14-15-16-17-18-19-20-21-22-23-24-25-27-33-37-44(51)54-40(34-30-26-10-8-6-4-2)35-31-28-29-32-36-42(49)46-38-43(50)47-41(39-48)45(52)53/h5,7,11-12,14-15,17-18,40-41,48H,3-4,6,8-10,13,16,19-39H2,1-2H3,(H,46,49)(H,47,50)(H,52,53)/b7-5-,12-11-,15-14-,18-17-. The molecule has 9 heteroatoms. The van der Waals surface area contributed by atoms with Gasteiger partial charge in [0.25, 0.3) is 0 Å². The van der Waals surface area contributed by atoms with Crippen molar-refractivity contribution in [3.05, 3.63) is 48.6 Å². The first-order valence-electron chi connectivity index (χ1n) is 21.5. The molecule has 0 aromatic rings. The van der Waals surface area contributed by atoms with Crippen molar-refractivity contribution in [3.63, 3.8) is 0 Å². The Morgan fingerprint density at radius 3 is 1.59 bits per heavy atom. The van der Waals surface area contributed by atoms with E-state index in [4.69, 9.17) is 14.9 Å². The third-order valence-electron chi connectivity index (χ3n) is 9.34. The SMILES string of the molecule is CC/C=C\C/C=C\C/C=C\C/C=C\CCCCCCCCCCC(=O)OC(CCCCCCCC)CCCCCCC(=O)NCC(=O)NC(CO)C(=O)O. The van der Waals surface area contributed by atoms with Crippen molar-refractivity contribution in [1.82, 2.24) is 10.6 Å². The highest BCUT2D eigenvalue weighted by Gasteiger charge is 2.19. The van der Waals surface area contributed by atoms with Crippen molar-refractivity contribution in [2.75, 3.05) is 13.2 Å². The van der Waals surface area contributed by atoms with Gasteiger partial charge < -0.3 is 25.6 Å². The molecule has 0 aromatic heterocycles. The molecule has 2 unspecified atom stereocenters. The predicted octanol–water partition coefficient (Wildman–Crippen LogP) is 10.4. The number of carbonyl (C=O) groups excluding carboxylic acids is 3. The number of aliphatic hydroxyl groups is 1. The van der Waals surface area contributed by atoms with Crippen LogP contribution in [-0.2, 0) is 23.9 Å². The van der Waals surface area contributed by atoms with Gasteiger partial charge in [0.1, 0.15) is 12.1 Å². The fourth-order valence-corrected chi connectivity index (χ4v) is 6.06. The lowest BCUT2D eigenvalue weighted by Crippen LogP contribution is -2.47. The Morgan fingerprint density at radius 2 is 1.06 bits per heavy atom. The first kappa shape index (κ1) is 50.8.